The molecule has 1 atom stereocenters. The molecule has 3 heteroatoms. The molecule has 1 aromatic carbocycles. The number of carbonyl (C=O) groups is 1. The number of benzene rings is 1. The molecule has 0 spiro atoms. The van der Waals surface area contributed by atoms with Crippen LogP contribution in [-0.4, -0.2) is 16.1 Å². The van der Waals surface area contributed by atoms with Crippen LogP contribution in [0.3, 0.4) is 0 Å². The Morgan fingerprint density at radius 3 is 2.88 bits per heavy atom. The number of aromatic nitrogens is 1. The first-order valence-electron chi connectivity index (χ1n) is 5.17. The highest BCUT2D eigenvalue weighted by atomic mass is 16.4. The Morgan fingerprint density at radius 1 is 1.44 bits per heavy atom. The fraction of sp³-hybridized carbons (Fsp3) is 0.231. The van der Waals surface area contributed by atoms with Crippen LogP contribution < -0.4 is 0 Å². The minimum atomic E-state index is -0.824. The van der Waals surface area contributed by atoms with Crippen LogP contribution in [0, 0.1) is 6.92 Å². The third-order valence-corrected chi connectivity index (χ3v) is 2.72. The number of fused-ring (bicyclic) bond motifs is 1. The minimum Gasteiger partial charge on any atom is -0.481 e. The molecule has 16 heavy (non-hydrogen) atoms. The number of aryl methyl sites for hydroxylation is 1. The third kappa shape index (κ3) is 1.76. The van der Waals surface area contributed by atoms with Crippen LogP contribution in [0.1, 0.15) is 24.0 Å². The van der Waals surface area contributed by atoms with Crippen LogP contribution in [0.4, 0.5) is 0 Å². The first-order chi connectivity index (χ1) is 7.59. The molecule has 2 rings (SSSR count). The Hall–Kier alpha value is -1.90. The molecule has 0 amide bonds. The lowest BCUT2D eigenvalue weighted by molar-refractivity contribution is -0.138. The van der Waals surface area contributed by atoms with Crippen molar-refractivity contribution in [2.45, 2.75) is 19.8 Å². The molecular weight excluding hydrogens is 202 g/mol. The standard InChI is InChI=1S/C13H13NO2/c1-8-6-10-4-3-5-11(9(2)13(15)16)12(10)14-7-8/h3-7,9H,1-2H3,(H,15,16). The Bertz CT molecular complexity index is 549. The van der Waals surface area contributed by atoms with Gasteiger partial charge in [-0.1, -0.05) is 18.2 Å². The van der Waals surface area contributed by atoms with E-state index in [9.17, 15) is 4.79 Å². The lowest BCUT2D eigenvalue weighted by Gasteiger charge is -2.09. The van der Waals surface area contributed by atoms with Crippen molar-refractivity contribution >= 4 is 16.9 Å². The van der Waals surface area contributed by atoms with Crippen LogP contribution in [0.2, 0.25) is 0 Å². The zero-order valence-electron chi connectivity index (χ0n) is 9.27. The van der Waals surface area contributed by atoms with Gasteiger partial charge in [0.05, 0.1) is 11.4 Å². The van der Waals surface area contributed by atoms with Crippen molar-refractivity contribution in [1.29, 1.82) is 0 Å². The van der Waals surface area contributed by atoms with Gasteiger partial charge in [0.1, 0.15) is 0 Å². The zero-order valence-corrected chi connectivity index (χ0v) is 9.27. The summed E-state index contributed by atoms with van der Waals surface area (Å²) in [7, 11) is 0. The van der Waals surface area contributed by atoms with E-state index in [1.165, 1.54) is 0 Å². The molecule has 0 saturated carbocycles. The minimum absolute atomic E-state index is 0.529. The molecule has 2 aromatic rings. The summed E-state index contributed by atoms with van der Waals surface area (Å²) < 4.78 is 0. The zero-order chi connectivity index (χ0) is 11.7. The van der Waals surface area contributed by atoms with Crippen molar-refractivity contribution in [3.63, 3.8) is 0 Å². The first-order valence-corrected chi connectivity index (χ1v) is 5.17. The van der Waals surface area contributed by atoms with Gasteiger partial charge in [-0.05, 0) is 31.0 Å². The van der Waals surface area contributed by atoms with E-state index in [0.717, 1.165) is 22.0 Å². The Balaban J connectivity index is 2.66. The topological polar surface area (TPSA) is 50.2 Å². The quantitative estimate of drug-likeness (QED) is 0.838. The molecular formula is C13H13NO2. The number of hydrogen-bond acceptors (Lipinski definition) is 2. The molecule has 0 aliphatic rings. The van der Waals surface area contributed by atoms with Crippen molar-refractivity contribution in [3.8, 4) is 0 Å². The summed E-state index contributed by atoms with van der Waals surface area (Å²) in [4.78, 5) is 15.3. The number of nitrogens with zero attached hydrogens (tertiary/aromatic N) is 1. The fourth-order valence-corrected chi connectivity index (χ4v) is 1.78. The SMILES string of the molecule is Cc1cnc2c(C(C)C(=O)O)cccc2c1. The fourth-order valence-electron chi connectivity index (χ4n) is 1.78. The highest BCUT2D eigenvalue weighted by Crippen LogP contribution is 2.24. The summed E-state index contributed by atoms with van der Waals surface area (Å²) >= 11 is 0. The van der Waals surface area contributed by atoms with Crippen LogP contribution in [0.15, 0.2) is 30.5 Å². The summed E-state index contributed by atoms with van der Waals surface area (Å²) in [5.74, 6) is -1.35. The van der Waals surface area contributed by atoms with Crippen LogP contribution in [0.25, 0.3) is 10.9 Å². The van der Waals surface area contributed by atoms with E-state index in [-0.39, 0.29) is 0 Å². The number of rotatable bonds is 2. The average Bonchev–Trinajstić information content (AvgIpc) is 2.26. The second kappa shape index (κ2) is 3.93. The summed E-state index contributed by atoms with van der Waals surface area (Å²) in [5.41, 5.74) is 2.63. The lowest BCUT2D eigenvalue weighted by atomic mass is 9.98. The summed E-state index contributed by atoms with van der Waals surface area (Å²) in [6.07, 6.45) is 1.76. The molecule has 1 N–H and O–H groups in total. The smallest absolute Gasteiger partial charge is 0.310 e. The van der Waals surface area contributed by atoms with Crippen molar-refractivity contribution in [1.82, 2.24) is 4.98 Å². The molecule has 0 bridgehead atoms. The van der Waals surface area contributed by atoms with Gasteiger partial charge in [-0.15, -0.1) is 0 Å². The monoisotopic (exact) mass is 215 g/mol. The highest BCUT2D eigenvalue weighted by molar-refractivity contribution is 5.87. The van der Waals surface area contributed by atoms with Crippen molar-refractivity contribution in [2.24, 2.45) is 0 Å². The van der Waals surface area contributed by atoms with Gasteiger partial charge in [-0.2, -0.15) is 0 Å². The first kappa shape index (κ1) is 10.6. The van der Waals surface area contributed by atoms with Gasteiger partial charge in [-0.25, -0.2) is 0 Å². The van der Waals surface area contributed by atoms with Gasteiger partial charge in [-0.3, -0.25) is 9.78 Å². The average molecular weight is 215 g/mol. The lowest BCUT2D eigenvalue weighted by Crippen LogP contribution is -2.08. The summed E-state index contributed by atoms with van der Waals surface area (Å²) in [6, 6.07) is 7.66. The predicted molar refractivity (Wildman–Crippen MR) is 62.5 cm³/mol. The van der Waals surface area contributed by atoms with E-state index >= 15 is 0 Å². The van der Waals surface area contributed by atoms with E-state index in [0.29, 0.717) is 0 Å². The molecule has 0 saturated heterocycles. The van der Waals surface area contributed by atoms with E-state index in [4.69, 9.17) is 5.11 Å². The van der Waals surface area contributed by atoms with Gasteiger partial charge in [0, 0.05) is 11.6 Å². The number of hydrogen-bond donors (Lipinski definition) is 1. The Morgan fingerprint density at radius 2 is 2.19 bits per heavy atom. The normalized spacial score (nSPS) is 12.6. The molecule has 0 aliphatic heterocycles. The number of para-hydroxylation sites is 1. The van der Waals surface area contributed by atoms with Gasteiger partial charge in [0.2, 0.25) is 0 Å². The van der Waals surface area contributed by atoms with Crippen LogP contribution in [-0.2, 0) is 4.79 Å². The summed E-state index contributed by atoms with van der Waals surface area (Å²) in [5, 5.41) is 10.0. The van der Waals surface area contributed by atoms with Crippen molar-refractivity contribution in [3.05, 3.63) is 41.6 Å². The maximum absolute atomic E-state index is 11.0. The number of carboxylic acids is 1. The Labute approximate surface area is 93.7 Å². The Kier molecular flexibility index (Phi) is 2.60. The van der Waals surface area contributed by atoms with E-state index < -0.39 is 11.9 Å². The second-order valence-electron chi connectivity index (χ2n) is 3.99. The van der Waals surface area contributed by atoms with Crippen LogP contribution in [0.5, 0.6) is 0 Å². The van der Waals surface area contributed by atoms with E-state index in [1.807, 2.05) is 31.2 Å². The van der Waals surface area contributed by atoms with Gasteiger partial charge < -0.3 is 5.11 Å². The third-order valence-electron chi connectivity index (χ3n) is 2.72. The highest BCUT2D eigenvalue weighted by Gasteiger charge is 2.16. The van der Waals surface area contributed by atoms with Gasteiger partial charge >= 0.3 is 5.97 Å². The van der Waals surface area contributed by atoms with E-state index in [2.05, 4.69) is 4.98 Å². The van der Waals surface area contributed by atoms with E-state index in [1.54, 1.807) is 13.1 Å². The number of carboxylic acid groups (broad SMARTS) is 1. The summed E-state index contributed by atoms with van der Waals surface area (Å²) in [6.45, 7) is 3.65. The van der Waals surface area contributed by atoms with Crippen molar-refractivity contribution in [2.75, 3.05) is 0 Å². The molecule has 3 nitrogen and oxygen atoms in total. The molecule has 0 fully saturated rings. The van der Waals surface area contributed by atoms with Gasteiger partial charge in [0.15, 0.2) is 0 Å². The molecule has 82 valence electrons. The maximum atomic E-state index is 11.0. The molecule has 1 heterocycles. The molecule has 1 unspecified atom stereocenters. The second-order valence-corrected chi connectivity index (χ2v) is 3.99. The van der Waals surface area contributed by atoms with Crippen LogP contribution >= 0.6 is 0 Å². The maximum Gasteiger partial charge on any atom is 0.310 e. The number of pyridine rings is 1. The molecule has 0 radical (unpaired) electrons. The van der Waals surface area contributed by atoms with Gasteiger partial charge in [0.25, 0.3) is 0 Å². The molecule has 0 aliphatic carbocycles. The van der Waals surface area contributed by atoms with Crippen molar-refractivity contribution < 1.29 is 9.90 Å². The molecule has 1 aromatic heterocycles. The number of aliphatic carboxylic acids is 1. The predicted octanol–water partition coefficient (Wildman–Crippen LogP) is 2.73. The largest absolute Gasteiger partial charge is 0.481 e.